The van der Waals surface area contributed by atoms with Gasteiger partial charge in [-0.25, -0.2) is 4.98 Å². The van der Waals surface area contributed by atoms with E-state index in [4.69, 9.17) is 16.6 Å². The maximum atomic E-state index is 13.1. The third kappa shape index (κ3) is 3.40. The number of aromatic nitrogens is 2. The van der Waals surface area contributed by atoms with E-state index in [1.54, 1.807) is 22.8 Å². The van der Waals surface area contributed by atoms with Crippen molar-refractivity contribution in [2.75, 3.05) is 0 Å². The maximum absolute atomic E-state index is 13.1. The number of alkyl halides is 1. The number of hydrogen-bond donors (Lipinski definition) is 0. The lowest BCUT2D eigenvalue weighted by Gasteiger charge is -2.20. The van der Waals surface area contributed by atoms with Gasteiger partial charge < -0.3 is 0 Å². The molecule has 0 fully saturated rings. The number of halogens is 2. The fourth-order valence-electron chi connectivity index (χ4n) is 2.64. The van der Waals surface area contributed by atoms with Crippen molar-refractivity contribution in [2.24, 2.45) is 5.92 Å². The van der Waals surface area contributed by atoms with Crippen LogP contribution in [0.25, 0.3) is 10.9 Å². The lowest BCUT2D eigenvalue weighted by Crippen LogP contribution is -2.27. The molecule has 0 amide bonds. The van der Waals surface area contributed by atoms with Gasteiger partial charge in [0.1, 0.15) is 5.82 Å². The van der Waals surface area contributed by atoms with Gasteiger partial charge in [0.2, 0.25) is 0 Å². The Morgan fingerprint density at radius 1 is 1.17 bits per heavy atom. The summed E-state index contributed by atoms with van der Waals surface area (Å²) >= 11 is 9.77. The molecule has 1 unspecified atom stereocenters. The van der Waals surface area contributed by atoms with E-state index in [2.05, 4.69) is 29.8 Å². The van der Waals surface area contributed by atoms with E-state index in [0.29, 0.717) is 28.4 Å². The number of hydrogen-bond acceptors (Lipinski definition) is 2. The molecule has 0 radical (unpaired) electrons. The largest absolute Gasteiger partial charge is 0.291 e. The highest BCUT2D eigenvalue weighted by molar-refractivity contribution is 9.09. The van der Waals surface area contributed by atoms with Gasteiger partial charge in [0, 0.05) is 5.02 Å². The summed E-state index contributed by atoms with van der Waals surface area (Å²) in [6.45, 7) is 4.69. The molecule has 3 nitrogen and oxygen atoms in total. The summed E-state index contributed by atoms with van der Waals surface area (Å²) in [4.78, 5) is 17.8. The van der Waals surface area contributed by atoms with Gasteiger partial charge in [0.05, 0.1) is 22.3 Å². The van der Waals surface area contributed by atoms with Crippen LogP contribution in [0.5, 0.6) is 0 Å². The van der Waals surface area contributed by atoms with E-state index in [1.807, 2.05) is 30.3 Å². The summed E-state index contributed by atoms with van der Waals surface area (Å²) in [5, 5.41) is 1.17. The zero-order chi connectivity index (χ0) is 17.3. The van der Waals surface area contributed by atoms with Crippen molar-refractivity contribution in [1.29, 1.82) is 0 Å². The minimum absolute atomic E-state index is 0.0164. The molecule has 0 aliphatic heterocycles. The normalized spacial score (nSPS) is 12.7. The molecule has 3 rings (SSSR count). The summed E-state index contributed by atoms with van der Waals surface area (Å²) in [5.41, 5.74) is 1.66. The molecule has 0 spiro atoms. The van der Waals surface area contributed by atoms with Crippen LogP contribution in [-0.4, -0.2) is 9.55 Å². The van der Waals surface area contributed by atoms with Crippen molar-refractivity contribution in [2.45, 2.75) is 25.2 Å². The van der Waals surface area contributed by atoms with E-state index in [1.165, 1.54) is 0 Å². The second-order valence-corrected chi connectivity index (χ2v) is 7.58. The van der Waals surface area contributed by atoms with Gasteiger partial charge in [0.15, 0.2) is 0 Å². The van der Waals surface area contributed by atoms with Crippen LogP contribution >= 0.6 is 27.5 Å². The second kappa shape index (κ2) is 7.08. The predicted molar refractivity (Wildman–Crippen MR) is 103 cm³/mol. The van der Waals surface area contributed by atoms with Crippen molar-refractivity contribution >= 4 is 38.4 Å². The lowest BCUT2D eigenvalue weighted by molar-refractivity contribution is 0.569. The number of fused-ring (bicyclic) bond motifs is 1. The summed E-state index contributed by atoms with van der Waals surface area (Å²) in [6.07, 6.45) is 0. The zero-order valence-corrected chi connectivity index (χ0v) is 15.9. The fraction of sp³-hybridized carbons (Fsp3) is 0.263. The maximum Gasteiger partial charge on any atom is 0.261 e. The SMILES string of the molecule is CC(C)C(Br)c1nc2cc(Cl)ccc2c(=O)n1Cc1ccccc1. The highest BCUT2D eigenvalue weighted by Crippen LogP contribution is 2.30. The lowest BCUT2D eigenvalue weighted by atomic mass is 10.1. The van der Waals surface area contributed by atoms with Crippen molar-refractivity contribution < 1.29 is 0 Å². The Morgan fingerprint density at radius 2 is 1.88 bits per heavy atom. The van der Waals surface area contributed by atoms with E-state index in [0.717, 1.165) is 11.4 Å². The van der Waals surface area contributed by atoms with Gasteiger partial charge in [-0.15, -0.1) is 0 Å². The third-order valence-electron chi connectivity index (χ3n) is 3.96. The van der Waals surface area contributed by atoms with Crippen LogP contribution in [-0.2, 0) is 6.54 Å². The smallest absolute Gasteiger partial charge is 0.261 e. The molecule has 0 aliphatic carbocycles. The quantitative estimate of drug-likeness (QED) is 0.560. The van der Waals surface area contributed by atoms with Gasteiger partial charge in [0.25, 0.3) is 5.56 Å². The predicted octanol–water partition coefficient (Wildman–Crippen LogP) is 5.19. The monoisotopic (exact) mass is 404 g/mol. The Hall–Kier alpha value is -1.65. The first kappa shape index (κ1) is 17.2. The minimum Gasteiger partial charge on any atom is -0.291 e. The first-order valence-corrected chi connectivity index (χ1v) is 9.14. The third-order valence-corrected chi connectivity index (χ3v) is 5.66. The summed E-state index contributed by atoms with van der Waals surface area (Å²) < 4.78 is 1.75. The zero-order valence-electron chi connectivity index (χ0n) is 13.5. The summed E-state index contributed by atoms with van der Waals surface area (Å²) in [6, 6.07) is 15.2. The molecule has 2 aromatic carbocycles. The van der Waals surface area contributed by atoms with Crippen molar-refractivity contribution in [3.05, 3.63) is 75.3 Å². The topological polar surface area (TPSA) is 34.9 Å². The van der Waals surface area contributed by atoms with E-state index in [9.17, 15) is 4.79 Å². The molecular weight excluding hydrogens is 388 g/mol. The first-order chi connectivity index (χ1) is 11.5. The molecule has 0 N–H and O–H groups in total. The Morgan fingerprint density at radius 3 is 2.54 bits per heavy atom. The Balaban J connectivity index is 2.24. The van der Waals surface area contributed by atoms with Crippen LogP contribution in [0.3, 0.4) is 0 Å². The molecule has 0 bridgehead atoms. The highest BCUT2D eigenvalue weighted by atomic mass is 79.9. The van der Waals surface area contributed by atoms with E-state index in [-0.39, 0.29) is 10.4 Å². The van der Waals surface area contributed by atoms with Gasteiger partial charge in [-0.2, -0.15) is 0 Å². The molecule has 24 heavy (non-hydrogen) atoms. The molecule has 0 aliphatic rings. The van der Waals surface area contributed by atoms with Crippen LogP contribution in [0.15, 0.2) is 53.3 Å². The van der Waals surface area contributed by atoms with Gasteiger partial charge in [-0.1, -0.05) is 71.7 Å². The van der Waals surface area contributed by atoms with Crippen molar-refractivity contribution in [3.8, 4) is 0 Å². The van der Waals surface area contributed by atoms with E-state index >= 15 is 0 Å². The Bertz CT molecular complexity index is 922. The van der Waals surface area contributed by atoms with Crippen molar-refractivity contribution in [3.63, 3.8) is 0 Å². The minimum atomic E-state index is -0.0411. The van der Waals surface area contributed by atoms with Crippen LogP contribution in [0.1, 0.15) is 30.1 Å². The van der Waals surface area contributed by atoms with E-state index < -0.39 is 0 Å². The first-order valence-electron chi connectivity index (χ1n) is 7.85. The molecule has 1 atom stereocenters. The molecule has 1 heterocycles. The van der Waals surface area contributed by atoms with Crippen LogP contribution in [0.2, 0.25) is 5.02 Å². The molecule has 1 aromatic heterocycles. The molecule has 0 saturated carbocycles. The summed E-state index contributed by atoms with van der Waals surface area (Å²) in [5.74, 6) is 1.03. The molecule has 0 saturated heterocycles. The fourth-order valence-corrected chi connectivity index (χ4v) is 3.15. The number of rotatable bonds is 4. The second-order valence-electron chi connectivity index (χ2n) is 6.15. The Kier molecular flexibility index (Phi) is 5.07. The molecular formula is C19H18BrClN2O. The highest BCUT2D eigenvalue weighted by Gasteiger charge is 2.20. The summed E-state index contributed by atoms with van der Waals surface area (Å²) in [7, 11) is 0. The molecule has 5 heteroatoms. The average Bonchev–Trinajstić information content (AvgIpc) is 2.57. The van der Waals surface area contributed by atoms with Crippen LogP contribution < -0.4 is 5.56 Å². The Labute approximate surface area is 154 Å². The van der Waals surface area contributed by atoms with Gasteiger partial charge in [-0.05, 0) is 29.7 Å². The van der Waals surface area contributed by atoms with Gasteiger partial charge >= 0.3 is 0 Å². The average molecular weight is 406 g/mol. The van der Waals surface area contributed by atoms with Crippen LogP contribution in [0.4, 0.5) is 0 Å². The van der Waals surface area contributed by atoms with Crippen LogP contribution in [0, 0.1) is 5.92 Å². The van der Waals surface area contributed by atoms with Gasteiger partial charge in [-0.3, -0.25) is 9.36 Å². The number of benzene rings is 2. The number of nitrogens with zero attached hydrogens (tertiary/aromatic N) is 2. The molecule has 3 aromatic rings. The van der Waals surface area contributed by atoms with Crippen molar-refractivity contribution in [1.82, 2.24) is 9.55 Å². The standard InChI is InChI=1S/C19H18BrClN2O/c1-12(2)17(20)18-22-16-10-14(21)8-9-15(16)19(24)23(18)11-13-6-4-3-5-7-13/h3-10,12,17H,11H2,1-2H3. The molecule has 124 valence electrons.